The molecule has 100 valence electrons. The normalized spacial score (nSPS) is 12.9. The summed E-state index contributed by atoms with van der Waals surface area (Å²) in [6.45, 7) is 0. The molecule has 0 radical (unpaired) electrons. The molecule has 0 heterocycles. The molecule has 5 nitrogen and oxygen atoms in total. The first-order chi connectivity index (χ1) is 8.36. The average molecular weight is 262 g/mol. The van der Waals surface area contributed by atoms with Gasteiger partial charge >= 0.3 is 11.9 Å². The lowest BCUT2D eigenvalue weighted by atomic mass is 10.0. The number of para-hydroxylation sites is 1. The summed E-state index contributed by atoms with van der Waals surface area (Å²) < 4.78 is 36.2. The molecule has 0 saturated heterocycles. The standard InChI is InChI=1S/C11H12F2O5/c1-17-7-5-3-4-6(8(7)18-2)9(14)11(12,13)10(15)16/h3-5,9,14H,1-2H3,(H,15,16). The molecule has 0 aliphatic rings. The van der Waals surface area contributed by atoms with Crippen LogP contribution >= 0.6 is 0 Å². The van der Waals surface area contributed by atoms with Gasteiger partial charge in [-0.25, -0.2) is 4.79 Å². The molecular formula is C11H12F2O5. The van der Waals surface area contributed by atoms with Crippen molar-refractivity contribution in [2.75, 3.05) is 14.2 Å². The lowest BCUT2D eigenvalue weighted by Crippen LogP contribution is -2.35. The van der Waals surface area contributed by atoms with E-state index < -0.39 is 18.0 Å². The predicted octanol–water partition coefficient (Wildman–Crippen LogP) is 1.46. The highest BCUT2D eigenvalue weighted by molar-refractivity contribution is 5.76. The fraction of sp³-hybridized carbons (Fsp3) is 0.364. The molecule has 1 atom stereocenters. The van der Waals surface area contributed by atoms with Crippen LogP contribution in [0.3, 0.4) is 0 Å². The van der Waals surface area contributed by atoms with Gasteiger partial charge in [0.15, 0.2) is 17.6 Å². The molecule has 0 spiro atoms. The fourth-order valence-corrected chi connectivity index (χ4v) is 1.44. The van der Waals surface area contributed by atoms with E-state index in [0.717, 1.165) is 6.07 Å². The van der Waals surface area contributed by atoms with Gasteiger partial charge in [-0.05, 0) is 6.07 Å². The Hall–Kier alpha value is -1.89. The van der Waals surface area contributed by atoms with Crippen LogP contribution in [-0.4, -0.2) is 36.3 Å². The molecule has 1 unspecified atom stereocenters. The molecule has 0 bridgehead atoms. The number of aliphatic carboxylic acids is 1. The number of hydrogen-bond donors (Lipinski definition) is 2. The van der Waals surface area contributed by atoms with Gasteiger partial charge in [0.2, 0.25) is 0 Å². The molecule has 7 heteroatoms. The molecule has 0 aliphatic carbocycles. The Morgan fingerprint density at radius 3 is 2.39 bits per heavy atom. The number of methoxy groups -OCH3 is 2. The summed E-state index contributed by atoms with van der Waals surface area (Å²) in [5.74, 6) is -6.75. The summed E-state index contributed by atoms with van der Waals surface area (Å²) in [5, 5.41) is 17.9. The van der Waals surface area contributed by atoms with Gasteiger partial charge in [-0.3, -0.25) is 0 Å². The zero-order valence-electron chi connectivity index (χ0n) is 9.68. The zero-order chi connectivity index (χ0) is 13.9. The van der Waals surface area contributed by atoms with Gasteiger partial charge in [-0.1, -0.05) is 12.1 Å². The Morgan fingerprint density at radius 1 is 1.33 bits per heavy atom. The molecule has 0 aromatic heterocycles. The van der Waals surface area contributed by atoms with Crippen molar-refractivity contribution in [3.05, 3.63) is 23.8 Å². The molecule has 18 heavy (non-hydrogen) atoms. The van der Waals surface area contributed by atoms with Gasteiger partial charge in [0.05, 0.1) is 14.2 Å². The first kappa shape index (κ1) is 14.2. The number of benzene rings is 1. The Labute approximate surface area is 102 Å². The van der Waals surface area contributed by atoms with Crippen LogP contribution in [0.1, 0.15) is 11.7 Å². The number of aliphatic hydroxyl groups excluding tert-OH is 1. The maximum Gasteiger partial charge on any atom is 0.377 e. The molecule has 1 rings (SSSR count). The molecule has 0 fully saturated rings. The minimum absolute atomic E-state index is 0.121. The predicted molar refractivity (Wildman–Crippen MR) is 57.1 cm³/mol. The van der Waals surface area contributed by atoms with Crippen molar-refractivity contribution in [1.82, 2.24) is 0 Å². The number of ether oxygens (including phenoxy) is 2. The number of carboxylic acids is 1. The van der Waals surface area contributed by atoms with Crippen molar-refractivity contribution < 1.29 is 33.3 Å². The number of alkyl halides is 2. The average Bonchev–Trinajstić information content (AvgIpc) is 2.36. The molecule has 1 aromatic rings. The third-order valence-electron chi connectivity index (χ3n) is 2.36. The highest BCUT2D eigenvalue weighted by Gasteiger charge is 2.49. The van der Waals surface area contributed by atoms with E-state index in [4.69, 9.17) is 14.6 Å². The van der Waals surface area contributed by atoms with Gasteiger partial charge < -0.3 is 19.7 Å². The van der Waals surface area contributed by atoms with Crippen molar-refractivity contribution in [2.45, 2.75) is 12.0 Å². The second kappa shape index (κ2) is 5.18. The van der Waals surface area contributed by atoms with E-state index in [1.165, 1.54) is 26.4 Å². The number of halogens is 2. The van der Waals surface area contributed by atoms with Crippen LogP contribution in [0.15, 0.2) is 18.2 Å². The zero-order valence-corrected chi connectivity index (χ0v) is 9.68. The second-order valence-electron chi connectivity index (χ2n) is 3.41. The Kier molecular flexibility index (Phi) is 4.07. The van der Waals surface area contributed by atoms with E-state index >= 15 is 0 Å². The third-order valence-corrected chi connectivity index (χ3v) is 2.36. The van der Waals surface area contributed by atoms with Crippen molar-refractivity contribution in [3.8, 4) is 11.5 Å². The summed E-state index contributed by atoms with van der Waals surface area (Å²) in [6.07, 6.45) is -2.53. The second-order valence-corrected chi connectivity index (χ2v) is 3.41. The van der Waals surface area contributed by atoms with Crippen LogP contribution < -0.4 is 9.47 Å². The summed E-state index contributed by atoms with van der Waals surface area (Å²) in [5.41, 5.74) is -0.357. The van der Waals surface area contributed by atoms with E-state index in [9.17, 15) is 18.7 Å². The fourth-order valence-electron chi connectivity index (χ4n) is 1.44. The van der Waals surface area contributed by atoms with Crippen molar-refractivity contribution in [1.29, 1.82) is 0 Å². The topological polar surface area (TPSA) is 76.0 Å². The Morgan fingerprint density at radius 2 is 1.94 bits per heavy atom. The Bertz CT molecular complexity index is 447. The van der Waals surface area contributed by atoms with E-state index in [2.05, 4.69) is 0 Å². The van der Waals surface area contributed by atoms with Crippen LogP contribution in [0.25, 0.3) is 0 Å². The van der Waals surface area contributed by atoms with Crippen molar-refractivity contribution in [2.24, 2.45) is 0 Å². The van der Waals surface area contributed by atoms with Gasteiger partial charge in [0, 0.05) is 5.56 Å². The van der Waals surface area contributed by atoms with Crippen molar-refractivity contribution >= 4 is 5.97 Å². The maximum atomic E-state index is 13.2. The largest absolute Gasteiger partial charge is 0.493 e. The first-order valence-corrected chi connectivity index (χ1v) is 4.86. The van der Waals surface area contributed by atoms with E-state index in [1.54, 1.807) is 0 Å². The van der Waals surface area contributed by atoms with Gasteiger partial charge in [0.25, 0.3) is 0 Å². The summed E-state index contributed by atoms with van der Waals surface area (Å²) in [6, 6.07) is 3.93. The minimum Gasteiger partial charge on any atom is -0.493 e. The van der Waals surface area contributed by atoms with Crippen LogP contribution in [0.2, 0.25) is 0 Å². The van der Waals surface area contributed by atoms with E-state index in [1.807, 2.05) is 0 Å². The summed E-state index contributed by atoms with van der Waals surface area (Å²) >= 11 is 0. The van der Waals surface area contributed by atoms with Gasteiger partial charge in [0.1, 0.15) is 0 Å². The quantitative estimate of drug-likeness (QED) is 0.840. The number of rotatable bonds is 5. The molecule has 0 amide bonds. The monoisotopic (exact) mass is 262 g/mol. The number of hydrogen-bond acceptors (Lipinski definition) is 4. The SMILES string of the molecule is COc1cccc(C(O)C(F)(F)C(=O)O)c1OC. The van der Waals surface area contributed by atoms with Gasteiger partial charge in [-0.15, -0.1) is 0 Å². The van der Waals surface area contributed by atoms with Crippen LogP contribution in [0, 0.1) is 0 Å². The first-order valence-electron chi connectivity index (χ1n) is 4.86. The van der Waals surface area contributed by atoms with Gasteiger partial charge in [-0.2, -0.15) is 8.78 Å². The maximum absolute atomic E-state index is 13.2. The van der Waals surface area contributed by atoms with Crippen LogP contribution in [0.4, 0.5) is 8.78 Å². The highest BCUT2D eigenvalue weighted by Crippen LogP contribution is 2.40. The number of aliphatic hydroxyl groups is 1. The van der Waals surface area contributed by atoms with Crippen molar-refractivity contribution in [3.63, 3.8) is 0 Å². The molecular weight excluding hydrogens is 250 g/mol. The lowest BCUT2D eigenvalue weighted by Gasteiger charge is -2.21. The minimum atomic E-state index is -4.32. The Balaban J connectivity index is 3.29. The number of carbonyl (C=O) groups is 1. The summed E-state index contributed by atoms with van der Waals surface area (Å²) in [7, 11) is 2.50. The van der Waals surface area contributed by atoms with E-state index in [-0.39, 0.29) is 17.1 Å². The third kappa shape index (κ3) is 2.35. The van der Waals surface area contributed by atoms with E-state index in [0.29, 0.717) is 0 Å². The smallest absolute Gasteiger partial charge is 0.377 e. The van der Waals surface area contributed by atoms with Crippen LogP contribution in [-0.2, 0) is 4.79 Å². The van der Waals surface area contributed by atoms with Crippen LogP contribution in [0.5, 0.6) is 11.5 Å². The summed E-state index contributed by atoms with van der Waals surface area (Å²) in [4.78, 5) is 10.4. The molecule has 2 N–H and O–H groups in total. The molecule has 0 saturated carbocycles. The molecule has 1 aromatic carbocycles. The number of carboxylic acid groups (broad SMARTS) is 1. The lowest BCUT2D eigenvalue weighted by molar-refractivity contribution is -0.183. The molecule has 0 aliphatic heterocycles. The highest BCUT2D eigenvalue weighted by atomic mass is 19.3.